The first-order valence-corrected chi connectivity index (χ1v) is 16.1. The maximum atomic E-state index is 9.47. The van der Waals surface area contributed by atoms with E-state index in [0.717, 1.165) is 54.4 Å². The van der Waals surface area contributed by atoms with Crippen molar-refractivity contribution in [2.75, 3.05) is 0 Å². The Bertz CT molecular complexity index is 1720. The molecule has 0 spiro atoms. The fourth-order valence-corrected chi connectivity index (χ4v) is 10.2. The maximum Gasteiger partial charge on any atom is 0.292 e. The highest BCUT2D eigenvalue weighted by Gasteiger charge is 2.69. The van der Waals surface area contributed by atoms with Crippen molar-refractivity contribution in [3.63, 3.8) is 0 Å². The number of hydrogen-bond acceptors (Lipinski definition) is 4. The van der Waals surface area contributed by atoms with Crippen LogP contribution in [-0.4, -0.2) is 0 Å². The van der Waals surface area contributed by atoms with Crippen molar-refractivity contribution in [2.24, 2.45) is 16.2 Å². The van der Waals surface area contributed by atoms with Crippen LogP contribution in [0.25, 0.3) is 22.3 Å². The van der Waals surface area contributed by atoms with Crippen LogP contribution in [0.1, 0.15) is 77.3 Å². The van der Waals surface area contributed by atoms with E-state index in [1.54, 1.807) is 0 Å². The van der Waals surface area contributed by atoms with Gasteiger partial charge in [0.2, 0.25) is 0 Å². The molecule has 4 nitrogen and oxygen atoms in total. The van der Waals surface area contributed by atoms with E-state index < -0.39 is 0 Å². The van der Waals surface area contributed by atoms with E-state index >= 15 is 0 Å². The Morgan fingerprint density at radius 1 is 0.578 bits per heavy atom. The van der Waals surface area contributed by atoms with Gasteiger partial charge in [-0.2, -0.15) is 0 Å². The number of nitrogens with zero attached hydrogens (tertiary/aromatic N) is 2. The van der Waals surface area contributed by atoms with Crippen LogP contribution in [0.3, 0.4) is 0 Å². The molecule has 4 saturated carbocycles. The predicted molar refractivity (Wildman–Crippen MR) is 177 cm³/mol. The molecule has 4 bridgehead atoms. The molecule has 4 aromatic carbocycles. The highest BCUT2D eigenvalue weighted by Crippen LogP contribution is 2.77. The summed E-state index contributed by atoms with van der Waals surface area (Å²) in [6.45, 7) is 9.88. The molecule has 0 N–H and O–H groups in total. The lowest BCUT2D eigenvalue weighted by atomic mass is 9.31. The smallest absolute Gasteiger partial charge is 0.292 e. The van der Waals surface area contributed by atoms with Crippen LogP contribution in [0.2, 0.25) is 0 Å². The summed E-state index contributed by atoms with van der Waals surface area (Å²) in [5.41, 5.74) is 7.14. The quantitative estimate of drug-likeness (QED) is 0.209. The third-order valence-electron chi connectivity index (χ3n) is 11.6. The zero-order chi connectivity index (χ0) is 31.5. The molecular formula is C41H40N2O2. The van der Waals surface area contributed by atoms with Gasteiger partial charge in [-0.3, -0.25) is 0 Å². The van der Waals surface area contributed by atoms with Crippen molar-refractivity contribution in [1.82, 2.24) is 0 Å². The highest BCUT2D eigenvalue weighted by molar-refractivity contribution is 5.73. The average Bonchev–Trinajstić information content (AvgIpc) is 3.01. The third-order valence-corrected chi connectivity index (χ3v) is 11.6. The minimum atomic E-state index is -0.0276. The van der Waals surface area contributed by atoms with E-state index in [9.17, 15) is 10.5 Å². The molecule has 2 atom stereocenters. The molecule has 226 valence electrons. The predicted octanol–water partition coefficient (Wildman–Crippen LogP) is 10.3. The van der Waals surface area contributed by atoms with E-state index in [-0.39, 0.29) is 27.1 Å². The summed E-state index contributed by atoms with van der Waals surface area (Å²) >= 11 is 0. The van der Waals surface area contributed by atoms with Crippen molar-refractivity contribution in [3.8, 4) is 46.3 Å². The molecule has 0 heterocycles. The van der Waals surface area contributed by atoms with Crippen LogP contribution < -0.4 is 9.47 Å². The van der Waals surface area contributed by atoms with E-state index in [0.29, 0.717) is 11.5 Å². The third kappa shape index (κ3) is 4.71. The summed E-state index contributed by atoms with van der Waals surface area (Å²) in [5, 5.41) is 18.9. The molecule has 2 unspecified atom stereocenters. The first-order chi connectivity index (χ1) is 21.5. The van der Waals surface area contributed by atoms with Gasteiger partial charge < -0.3 is 9.47 Å². The Morgan fingerprint density at radius 3 is 1.42 bits per heavy atom. The maximum absolute atomic E-state index is 9.47. The fraction of sp³-hybridized carbons (Fsp3) is 0.366. The van der Waals surface area contributed by atoms with Gasteiger partial charge in [0.1, 0.15) is 11.5 Å². The zero-order valence-corrected chi connectivity index (χ0v) is 26.7. The minimum Gasteiger partial charge on any atom is -0.387 e. The molecule has 4 aromatic rings. The van der Waals surface area contributed by atoms with Gasteiger partial charge in [0.25, 0.3) is 12.5 Å². The van der Waals surface area contributed by atoms with Gasteiger partial charge in [-0.05, 0) is 112 Å². The number of nitriles is 2. The van der Waals surface area contributed by atoms with Crippen molar-refractivity contribution < 1.29 is 9.47 Å². The van der Waals surface area contributed by atoms with E-state index in [1.165, 1.54) is 17.5 Å². The summed E-state index contributed by atoms with van der Waals surface area (Å²) in [6, 6.07) is 33.7. The van der Waals surface area contributed by atoms with Crippen molar-refractivity contribution in [3.05, 3.63) is 108 Å². The van der Waals surface area contributed by atoms with Crippen LogP contribution in [0, 0.1) is 39.3 Å². The number of hydrogen-bond donors (Lipinski definition) is 0. The van der Waals surface area contributed by atoms with Crippen LogP contribution in [0.5, 0.6) is 11.5 Å². The lowest BCUT2D eigenvalue weighted by molar-refractivity contribution is -0.176. The largest absolute Gasteiger partial charge is 0.387 e. The van der Waals surface area contributed by atoms with Crippen LogP contribution in [0.4, 0.5) is 0 Å². The lowest BCUT2D eigenvalue weighted by Gasteiger charge is -2.73. The molecule has 45 heavy (non-hydrogen) atoms. The Morgan fingerprint density at radius 2 is 1.02 bits per heavy atom. The van der Waals surface area contributed by atoms with Gasteiger partial charge in [-0.15, -0.1) is 10.5 Å². The highest BCUT2D eigenvalue weighted by atomic mass is 16.5. The van der Waals surface area contributed by atoms with Gasteiger partial charge in [0, 0.05) is 11.1 Å². The second kappa shape index (κ2) is 10.3. The summed E-state index contributed by atoms with van der Waals surface area (Å²) < 4.78 is 11.0. The first-order valence-electron chi connectivity index (χ1n) is 16.1. The topological polar surface area (TPSA) is 66.0 Å². The summed E-state index contributed by atoms with van der Waals surface area (Å²) in [4.78, 5) is 0. The second-order valence-electron chi connectivity index (χ2n) is 15.5. The molecule has 4 heteroatoms. The van der Waals surface area contributed by atoms with Crippen molar-refractivity contribution in [2.45, 2.75) is 77.0 Å². The molecular weight excluding hydrogens is 552 g/mol. The van der Waals surface area contributed by atoms with Gasteiger partial charge in [0.05, 0.1) is 0 Å². The first kappa shape index (κ1) is 29.2. The van der Waals surface area contributed by atoms with E-state index in [4.69, 9.17) is 9.47 Å². The Labute approximate surface area is 267 Å². The van der Waals surface area contributed by atoms with E-state index in [1.807, 2.05) is 61.0 Å². The molecule has 8 rings (SSSR count). The summed E-state index contributed by atoms with van der Waals surface area (Å²) in [7, 11) is 0. The van der Waals surface area contributed by atoms with Crippen LogP contribution >= 0.6 is 0 Å². The second-order valence-corrected chi connectivity index (χ2v) is 15.5. The Kier molecular flexibility index (Phi) is 6.65. The Hall–Kier alpha value is -4.54. The normalized spacial score (nSPS) is 28.2. The van der Waals surface area contributed by atoms with Gasteiger partial charge in [-0.1, -0.05) is 100 Å². The minimum absolute atomic E-state index is 0.0276. The van der Waals surface area contributed by atoms with Crippen molar-refractivity contribution in [1.29, 1.82) is 10.5 Å². The molecule has 0 saturated heterocycles. The van der Waals surface area contributed by atoms with Crippen molar-refractivity contribution >= 4 is 0 Å². The molecule has 0 radical (unpaired) electrons. The molecule has 4 fully saturated rings. The number of benzene rings is 4. The summed E-state index contributed by atoms with van der Waals surface area (Å²) in [6.07, 6.45) is 10.7. The lowest BCUT2D eigenvalue weighted by Crippen LogP contribution is -2.66. The monoisotopic (exact) mass is 592 g/mol. The molecule has 0 amide bonds. The number of rotatable bonds is 6. The SMILES string of the molecule is CC12CC3(c4ccc(OC#N)c(-c5ccccc5)c4)CC(c4ccc(OC#N)c(-c5ccccc5)c4)(C1)CC(C(C)(C)C)(C2)C3. The van der Waals surface area contributed by atoms with Crippen LogP contribution in [0.15, 0.2) is 97.1 Å². The molecule has 4 aliphatic rings. The molecule has 0 aromatic heterocycles. The van der Waals surface area contributed by atoms with E-state index in [2.05, 4.69) is 76.2 Å². The number of ether oxygens (including phenoxy) is 2. The zero-order valence-electron chi connectivity index (χ0n) is 26.7. The van der Waals surface area contributed by atoms with Gasteiger partial charge in [-0.25, -0.2) is 0 Å². The fourth-order valence-electron chi connectivity index (χ4n) is 10.2. The van der Waals surface area contributed by atoms with Crippen LogP contribution in [-0.2, 0) is 10.8 Å². The summed E-state index contributed by atoms with van der Waals surface area (Å²) in [5.74, 6) is 1.20. The average molecular weight is 593 g/mol. The Balaban J connectivity index is 1.43. The molecule has 4 aliphatic carbocycles. The van der Waals surface area contributed by atoms with Gasteiger partial charge >= 0.3 is 0 Å². The van der Waals surface area contributed by atoms with Gasteiger partial charge in [0.15, 0.2) is 0 Å². The molecule has 0 aliphatic heterocycles. The standard InChI is InChI=1S/C41H40N2O2/c1-37(2,3)41-23-38(4)21-39(25-41,31-15-17-35(44-27-42)33(19-31)29-11-7-5-8-12-29)24-40(22-38,26-41)32-16-18-36(45-28-43)34(20-32)30-13-9-6-10-14-30/h5-20H,21-26H2,1-4H3.